The van der Waals surface area contributed by atoms with Gasteiger partial charge in [-0.25, -0.2) is 0 Å². The summed E-state index contributed by atoms with van der Waals surface area (Å²) in [5.74, 6) is 0. The number of halogens is 1. The zero-order chi connectivity index (χ0) is 12.3. The van der Waals surface area contributed by atoms with Gasteiger partial charge in [-0.2, -0.15) is 0 Å². The molecule has 1 nitrogen and oxygen atoms in total. The summed E-state index contributed by atoms with van der Waals surface area (Å²) in [5, 5.41) is 0.744. The van der Waals surface area contributed by atoms with Gasteiger partial charge < -0.3 is 0 Å². The molecule has 0 atom stereocenters. The molecule has 86 valence electrons. The molecule has 2 aromatic rings. The average molecular weight is 244 g/mol. The van der Waals surface area contributed by atoms with E-state index >= 15 is 0 Å². The van der Waals surface area contributed by atoms with Gasteiger partial charge in [0.05, 0.1) is 5.69 Å². The van der Waals surface area contributed by atoms with E-state index in [1.807, 2.05) is 42.6 Å². The van der Waals surface area contributed by atoms with Crippen molar-refractivity contribution in [2.45, 2.75) is 13.8 Å². The summed E-state index contributed by atoms with van der Waals surface area (Å²) in [4.78, 5) is 4.50. The summed E-state index contributed by atoms with van der Waals surface area (Å²) in [6.07, 6.45) is 1.86. The van der Waals surface area contributed by atoms with Crippen LogP contribution in [0.15, 0.2) is 47.5 Å². The molecule has 0 N–H and O–H groups in total. The van der Waals surface area contributed by atoms with Crippen molar-refractivity contribution in [1.29, 1.82) is 0 Å². The first-order valence-corrected chi connectivity index (χ1v) is 5.90. The Morgan fingerprint density at radius 3 is 2.41 bits per heavy atom. The average Bonchev–Trinajstić information content (AvgIpc) is 2.33. The van der Waals surface area contributed by atoms with Gasteiger partial charge in [-0.15, -0.1) is 0 Å². The Morgan fingerprint density at radius 2 is 1.71 bits per heavy atom. The maximum absolute atomic E-state index is 5.83. The van der Waals surface area contributed by atoms with Crippen LogP contribution in [0.25, 0.3) is 0 Å². The number of hydrogen-bond acceptors (Lipinski definition) is 1. The van der Waals surface area contributed by atoms with E-state index in [1.54, 1.807) is 0 Å². The molecule has 0 aliphatic rings. The largest absolute Gasteiger partial charge is 0.256 e. The SMILES string of the molecule is Cc1cccc(N=Cc2ccc(Cl)cc2)c1C. The van der Waals surface area contributed by atoms with Gasteiger partial charge in [0.25, 0.3) is 0 Å². The predicted molar refractivity (Wildman–Crippen MR) is 74.6 cm³/mol. The number of aryl methyl sites for hydroxylation is 1. The third kappa shape index (κ3) is 2.95. The molecular weight excluding hydrogens is 230 g/mol. The molecule has 0 aliphatic heterocycles. The fraction of sp³-hybridized carbons (Fsp3) is 0.133. The minimum Gasteiger partial charge on any atom is -0.256 e. The van der Waals surface area contributed by atoms with Crippen LogP contribution in [0.5, 0.6) is 0 Å². The highest BCUT2D eigenvalue weighted by molar-refractivity contribution is 6.30. The highest BCUT2D eigenvalue weighted by atomic mass is 35.5. The van der Waals surface area contributed by atoms with Crippen LogP contribution in [-0.2, 0) is 0 Å². The van der Waals surface area contributed by atoms with E-state index in [0.717, 1.165) is 16.3 Å². The van der Waals surface area contributed by atoms with Gasteiger partial charge in [0.2, 0.25) is 0 Å². The van der Waals surface area contributed by atoms with E-state index < -0.39 is 0 Å². The molecule has 2 rings (SSSR count). The number of rotatable bonds is 2. The van der Waals surface area contributed by atoms with Crippen molar-refractivity contribution in [3.8, 4) is 0 Å². The highest BCUT2D eigenvalue weighted by Crippen LogP contribution is 2.21. The molecule has 0 spiro atoms. The van der Waals surface area contributed by atoms with Gasteiger partial charge in [0.15, 0.2) is 0 Å². The quantitative estimate of drug-likeness (QED) is 0.678. The molecule has 17 heavy (non-hydrogen) atoms. The topological polar surface area (TPSA) is 12.4 Å². The maximum Gasteiger partial charge on any atom is 0.0661 e. The summed E-state index contributed by atoms with van der Waals surface area (Å²) in [6, 6.07) is 13.8. The van der Waals surface area contributed by atoms with Crippen LogP contribution in [0.4, 0.5) is 5.69 Å². The number of benzene rings is 2. The van der Waals surface area contributed by atoms with Crippen molar-refractivity contribution in [3.05, 3.63) is 64.2 Å². The third-order valence-corrected chi connectivity index (χ3v) is 3.05. The van der Waals surface area contributed by atoms with Crippen LogP contribution in [0, 0.1) is 13.8 Å². The molecule has 2 heteroatoms. The van der Waals surface area contributed by atoms with E-state index in [2.05, 4.69) is 24.9 Å². The lowest BCUT2D eigenvalue weighted by Gasteiger charge is -2.02. The Hall–Kier alpha value is -1.60. The van der Waals surface area contributed by atoms with Gasteiger partial charge in [-0.1, -0.05) is 35.9 Å². The first-order valence-electron chi connectivity index (χ1n) is 5.52. The molecule has 0 amide bonds. The summed E-state index contributed by atoms with van der Waals surface area (Å²) in [7, 11) is 0. The molecule has 0 radical (unpaired) electrons. The Bertz CT molecular complexity index is 541. The third-order valence-electron chi connectivity index (χ3n) is 2.80. The Morgan fingerprint density at radius 1 is 1.00 bits per heavy atom. The van der Waals surface area contributed by atoms with E-state index in [0.29, 0.717) is 0 Å². The molecule has 0 fully saturated rings. The lowest BCUT2D eigenvalue weighted by atomic mass is 10.1. The fourth-order valence-electron chi connectivity index (χ4n) is 1.57. The van der Waals surface area contributed by atoms with Crippen LogP contribution >= 0.6 is 11.6 Å². The standard InChI is InChI=1S/C15H14ClN/c1-11-4-3-5-15(12(11)2)17-10-13-6-8-14(16)9-7-13/h3-10H,1-2H3. The lowest BCUT2D eigenvalue weighted by molar-refractivity contribution is 1.31. The Labute approximate surface area is 107 Å². The summed E-state index contributed by atoms with van der Waals surface area (Å²) in [6.45, 7) is 4.18. The Kier molecular flexibility index (Phi) is 3.60. The second kappa shape index (κ2) is 5.15. The minimum absolute atomic E-state index is 0.744. The fourth-order valence-corrected chi connectivity index (χ4v) is 1.69. The van der Waals surface area contributed by atoms with Crippen molar-refractivity contribution in [2.75, 3.05) is 0 Å². The zero-order valence-electron chi connectivity index (χ0n) is 9.94. The summed E-state index contributed by atoms with van der Waals surface area (Å²) < 4.78 is 0. The van der Waals surface area contributed by atoms with Crippen molar-refractivity contribution < 1.29 is 0 Å². The van der Waals surface area contributed by atoms with Gasteiger partial charge in [-0.05, 0) is 48.7 Å². The van der Waals surface area contributed by atoms with Gasteiger partial charge in [0, 0.05) is 11.2 Å². The number of hydrogen-bond donors (Lipinski definition) is 0. The van der Waals surface area contributed by atoms with Crippen LogP contribution in [0.2, 0.25) is 5.02 Å². The number of nitrogens with zero attached hydrogens (tertiary/aromatic N) is 1. The van der Waals surface area contributed by atoms with Crippen molar-refractivity contribution in [3.63, 3.8) is 0 Å². The molecule has 0 bridgehead atoms. The van der Waals surface area contributed by atoms with Gasteiger partial charge in [-0.3, -0.25) is 4.99 Å². The van der Waals surface area contributed by atoms with Crippen molar-refractivity contribution >= 4 is 23.5 Å². The Balaban J connectivity index is 2.26. The molecule has 0 unspecified atom stereocenters. The van der Waals surface area contributed by atoms with Crippen molar-refractivity contribution in [1.82, 2.24) is 0 Å². The van der Waals surface area contributed by atoms with Crippen LogP contribution in [0.3, 0.4) is 0 Å². The molecule has 0 heterocycles. The maximum atomic E-state index is 5.83. The second-order valence-electron chi connectivity index (χ2n) is 4.03. The lowest BCUT2D eigenvalue weighted by Crippen LogP contribution is -1.83. The highest BCUT2D eigenvalue weighted by Gasteiger charge is 1.97. The number of aliphatic imine (C=N–C) groups is 1. The smallest absolute Gasteiger partial charge is 0.0661 e. The molecule has 2 aromatic carbocycles. The first kappa shape index (κ1) is 11.9. The van der Waals surface area contributed by atoms with E-state index in [1.165, 1.54) is 11.1 Å². The molecule has 0 aromatic heterocycles. The molecule has 0 aliphatic carbocycles. The molecule has 0 saturated heterocycles. The minimum atomic E-state index is 0.744. The van der Waals surface area contributed by atoms with E-state index in [9.17, 15) is 0 Å². The van der Waals surface area contributed by atoms with E-state index in [4.69, 9.17) is 11.6 Å². The van der Waals surface area contributed by atoms with Crippen LogP contribution in [0.1, 0.15) is 16.7 Å². The second-order valence-corrected chi connectivity index (χ2v) is 4.47. The summed E-state index contributed by atoms with van der Waals surface area (Å²) >= 11 is 5.83. The zero-order valence-corrected chi connectivity index (χ0v) is 10.7. The molecular formula is C15H14ClN. The van der Waals surface area contributed by atoms with Crippen molar-refractivity contribution in [2.24, 2.45) is 4.99 Å². The monoisotopic (exact) mass is 243 g/mol. The van der Waals surface area contributed by atoms with Gasteiger partial charge >= 0.3 is 0 Å². The van der Waals surface area contributed by atoms with Gasteiger partial charge in [0.1, 0.15) is 0 Å². The normalized spacial score (nSPS) is 11.0. The predicted octanol–water partition coefficient (Wildman–Crippen LogP) is 4.71. The first-order chi connectivity index (χ1) is 8.16. The molecule has 0 saturated carbocycles. The summed E-state index contributed by atoms with van der Waals surface area (Å²) in [5.41, 5.74) is 4.55. The van der Waals surface area contributed by atoms with Crippen LogP contribution < -0.4 is 0 Å². The van der Waals surface area contributed by atoms with E-state index in [-0.39, 0.29) is 0 Å². The van der Waals surface area contributed by atoms with Crippen LogP contribution in [-0.4, -0.2) is 6.21 Å².